The van der Waals surface area contributed by atoms with Crippen LogP contribution >= 0.6 is 11.6 Å². The molecule has 0 aliphatic heterocycles. The Labute approximate surface area is 223 Å². The van der Waals surface area contributed by atoms with Gasteiger partial charge in [0.25, 0.3) is 0 Å². The number of fused-ring (bicyclic) bond motifs is 5. The zero-order valence-electron chi connectivity index (χ0n) is 20.4. The molecular weight excluding hydrogens is 500 g/mol. The quantitative estimate of drug-likeness (QED) is 0.251. The maximum absolute atomic E-state index is 12.3. The maximum atomic E-state index is 12.3. The highest BCUT2D eigenvalue weighted by atomic mass is 35.5. The summed E-state index contributed by atoms with van der Waals surface area (Å²) in [5.41, 5.74) is 2.80. The summed E-state index contributed by atoms with van der Waals surface area (Å²) < 4.78 is 0. The van der Waals surface area contributed by atoms with Gasteiger partial charge < -0.3 is 10.4 Å². The Morgan fingerprint density at radius 3 is 2.58 bits per heavy atom. The standard InChI is InChI=1S/C29H25ClN6O2/c30-20-12-21-26(35-36-27(21)31-14-20)28-32-22(19-10-5-15-3-1-2-4-18(15)11-19)13-23(34-28)33-25-17-8-6-16(7-9-17)24(25)29(37)38/h1-5,10-14,16-17,24-25H,6-9H2,(H,37,38)(H,31,35,36)(H,32,33,34). The third-order valence-corrected chi connectivity index (χ3v) is 8.40. The molecule has 3 aliphatic rings. The topological polar surface area (TPSA) is 117 Å². The highest BCUT2D eigenvalue weighted by Gasteiger charge is 2.47. The minimum absolute atomic E-state index is 0.179. The van der Waals surface area contributed by atoms with Crippen molar-refractivity contribution in [3.63, 3.8) is 0 Å². The number of aromatic nitrogens is 5. The zero-order valence-corrected chi connectivity index (χ0v) is 21.2. The first-order valence-corrected chi connectivity index (χ1v) is 13.3. The smallest absolute Gasteiger partial charge is 0.308 e. The van der Waals surface area contributed by atoms with Crippen molar-refractivity contribution in [1.29, 1.82) is 0 Å². The lowest BCUT2D eigenvalue weighted by atomic mass is 9.61. The number of anilines is 1. The molecule has 190 valence electrons. The first-order chi connectivity index (χ1) is 18.5. The van der Waals surface area contributed by atoms with E-state index in [-0.39, 0.29) is 12.0 Å². The number of aromatic amines is 1. The fourth-order valence-electron chi connectivity index (χ4n) is 6.36. The number of H-pyrrole nitrogens is 1. The average Bonchev–Trinajstić information content (AvgIpc) is 3.36. The number of nitrogens with zero attached hydrogens (tertiary/aromatic N) is 4. The third-order valence-electron chi connectivity index (χ3n) is 8.19. The van der Waals surface area contributed by atoms with E-state index in [0.717, 1.165) is 53.1 Å². The van der Waals surface area contributed by atoms with Gasteiger partial charge in [-0.2, -0.15) is 5.10 Å². The van der Waals surface area contributed by atoms with Gasteiger partial charge in [0, 0.05) is 23.9 Å². The summed E-state index contributed by atoms with van der Waals surface area (Å²) in [6.07, 6.45) is 5.59. The van der Waals surface area contributed by atoms with Gasteiger partial charge in [-0.15, -0.1) is 0 Å². The molecular formula is C29H25ClN6O2. The summed E-state index contributed by atoms with van der Waals surface area (Å²) in [6.45, 7) is 0. The summed E-state index contributed by atoms with van der Waals surface area (Å²) in [5.74, 6) is 0.375. The van der Waals surface area contributed by atoms with Crippen LogP contribution in [-0.2, 0) is 4.79 Å². The van der Waals surface area contributed by atoms with Crippen LogP contribution < -0.4 is 5.32 Å². The highest BCUT2D eigenvalue weighted by Crippen LogP contribution is 2.46. The van der Waals surface area contributed by atoms with Crippen molar-refractivity contribution in [3.8, 4) is 22.8 Å². The van der Waals surface area contributed by atoms with Gasteiger partial charge in [0.15, 0.2) is 11.5 Å². The maximum Gasteiger partial charge on any atom is 0.308 e. The van der Waals surface area contributed by atoms with Crippen molar-refractivity contribution in [1.82, 2.24) is 25.1 Å². The van der Waals surface area contributed by atoms with Crippen LogP contribution in [0, 0.1) is 17.8 Å². The molecule has 2 unspecified atom stereocenters. The minimum Gasteiger partial charge on any atom is -0.481 e. The molecule has 8 rings (SSSR count). The van der Waals surface area contributed by atoms with Crippen LogP contribution in [0.15, 0.2) is 60.8 Å². The molecule has 0 radical (unpaired) electrons. The Morgan fingerprint density at radius 2 is 1.76 bits per heavy atom. The molecule has 3 fully saturated rings. The number of benzene rings is 2. The van der Waals surface area contributed by atoms with E-state index >= 15 is 0 Å². The normalized spacial score (nSPS) is 22.7. The molecule has 2 bridgehead atoms. The van der Waals surface area contributed by atoms with Gasteiger partial charge in [-0.1, -0.05) is 48.0 Å². The highest BCUT2D eigenvalue weighted by molar-refractivity contribution is 6.31. The molecule has 3 N–H and O–H groups in total. The molecule has 3 aromatic heterocycles. The van der Waals surface area contributed by atoms with E-state index in [2.05, 4.69) is 44.8 Å². The molecule has 5 aromatic rings. The lowest BCUT2D eigenvalue weighted by Crippen LogP contribution is -2.51. The summed E-state index contributed by atoms with van der Waals surface area (Å²) in [6, 6.07) is 18.0. The van der Waals surface area contributed by atoms with Gasteiger partial charge in [-0.25, -0.2) is 15.0 Å². The molecule has 0 saturated heterocycles. The predicted molar refractivity (Wildman–Crippen MR) is 147 cm³/mol. The van der Waals surface area contributed by atoms with E-state index in [1.165, 1.54) is 0 Å². The number of hydrogen-bond donors (Lipinski definition) is 3. The largest absolute Gasteiger partial charge is 0.481 e. The Morgan fingerprint density at radius 1 is 0.974 bits per heavy atom. The van der Waals surface area contributed by atoms with Crippen LogP contribution in [0.5, 0.6) is 0 Å². The van der Waals surface area contributed by atoms with Gasteiger partial charge in [0.05, 0.1) is 22.0 Å². The van der Waals surface area contributed by atoms with Crippen LogP contribution in [0.2, 0.25) is 5.02 Å². The molecule has 3 saturated carbocycles. The first kappa shape index (κ1) is 23.1. The van der Waals surface area contributed by atoms with Crippen LogP contribution in [0.3, 0.4) is 0 Å². The summed E-state index contributed by atoms with van der Waals surface area (Å²) in [7, 11) is 0. The van der Waals surface area contributed by atoms with Crippen molar-refractivity contribution in [2.45, 2.75) is 31.7 Å². The van der Waals surface area contributed by atoms with Crippen LogP contribution in [-0.4, -0.2) is 42.3 Å². The van der Waals surface area contributed by atoms with E-state index in [9.17, 15) is 9.90 Å². The number of hydrogen-bond acceptors (Lipinski definition) is 6. The Hall–Kier alpha value is -4.04. The molecule has 2 aromatic carbocycles. The molecule has 2 atom stereocenters. The number of carbonyl (C=O) groups is 1. The number of halogens is 1. The van der Waals surface area contributed by atoms with Crippen LogP contribution in [0.25, 0.3) is 44.6 Å². The molecule has 8 nitrogen and oxygen atoms in total. The lowest BCUT2D eigenvalue weighted by molar-refractivity contribution is -0.148. The van der Waals surface area contributed by atoms with Crippen molar-refractivity contribution < 1.29 is 9.90 Å². The van der Waals surface area contributed by atoms with Gasteiger partial charge in [-0.3, -0.25) is 9.89 Å². The number of carboxylic acid groups (broad SMARTS) is 1. The number of aliphatic carboxylic acids is 1. The molecule has 3 heterocycles. The number of carboxylic acids is 1. The number of pyridine rings is 1. The van der Waals surface area contributed by atoms with Crippen molar-refractivity contribution in [2.75, 3.05) is 5.32 Å². The van der Waals surface area contributed by atoms with Crippen molar-refractivity contribution in [3.05, 3.63) is 65.8 Å². The summed E-state index contributed by atoms with van der Waals surface area (Å²) >= 11 is 6.25. The van der Waals surface area contributed by atoms with Gasteiger partial charge in [-0.05, 0) is 60.4 Å². The van der Waals surface area contributed by atoms with E-state index in [1.54, 1.807) is 12.3 Å². The van der Waals surface area contributed by atoms with E-state index in [1.807, 2.05) is 24.3 Å². The average molecular weight is 525 g/mol. The summed E-state index contributed by atoms with van der Waals surface area (Å²) in [4.78, 5) is 26.4. The Kier molecular flexibility index (Phi) is 5.51. The number of rotatable bonds is 5. The van der Waals surface area contributed by atoms with Crippen molar-refractivity contribution >= 4 is 45.2 Å². The molecule has 3 aliphatic carbocycles. The Bertz CT molecular complexity index is 1690. The fraction of sp³-hybridized carbons (Fsp3) is 0.276. The van der Waals surface area contributed by atoms with E-state index < -0.39 is 11.9 Å². The first-order valence-electron chi connectivity index (χ1n) is 12.9. The molecule has 0 amide bonds. The Balaban J connectivity index is 1.36. The minimum atomic E-state index is -0.735. The SMILES string of the molecule is O=C(O)C1C2CCC(CC2)C1Nc1cc(-c2ccc3ccccc3c2)nc(-c2[nH]nc3ncc(Cl)cc23)n1. The fourth-order valence-corrected chi connectivity index (χ4v) is 6.52. The monoisotopic (exact) mass is 524 g/mol. The van der Waals surface area contributed by atoms with E-state index in [4.69, 9.17) is 21.6 Å². The molecule has 0 spiro atoms. The van der Waals surface area contributed by atoms with Crippen LogP contribution in [0.1, 0.15) is 25.7 Å². The van der Waals surface area contributed by atoms with Gasteiger partial charge >= 0.3 is 5.97 Å². The van der Waals surface area contributed by atoms with Gasteiger partial charge in [0.1, 0.15) is 11.5 Å². The summed E-state index contributed by atoms with van der Waals surface area (Å²) in [5, 5.41) is 24.4. The third kappa shape index (κ3) is 3.96. The lowest BCUT2D eigenvalue weighted by Gasteiger charge is -2.47. The van der Waals surface area contributed by atoms with Gasteiger partial charge in [0.2, 0.25) is 0 Å². The second-order valence-electron chi connectivity index (χ2n) is 10.4. The number of nitrogens with one attached hydrogen (secondary N) is 2. The molecule has 38 heavy (non-hydrogen) atoms. The predicted octanol–water partition coefficient (Wildman–Crippen LogP) is 6.19. The molecule has 9 heteroatoms. The second kappa shape index (κ2) is 9.06. The zero-order chi connectivity index (χ0) is 25.8. The van der Waals surface area contributed by atoms with Crippen molar-refractivity contribution in [2.24, 2.45) is 17.8 Å². The van der Waals surface area contributed by atoms with Crippen LogP contribution in [0.4, 0.5) is 5.82 Å². The second-order valence-corrected chi connectivity index (χ2v) is 10.8. The van der Waals surface area contributed by atoms with E-state index in [0.29, 0.717) is 33.9 Å².